The van der Waals surface area contributed by atoms with Crippen molar-refractivity contribution in [2.75, 3.05) is 18.0 Å². The van der Waals surface area contributed by atoms with Crippen LogP contribution in [0.25, 0.3) is 0 Å². The Hall–Kier alpha value is -1.95. The van der Waals surface area contributed by atoms with Crippen LogP contribution < -0.4 is 4.90 Å². The first-order valence-electron chi connectivity index (χ1n) is 8.65. The predicted octanol–water partition coefficient (Wildman–Crippen LogP) is 3.95. The maximum absolute atomic E-state index is 13.7. The molecular formula is C19H22FN3OS. The lowest BCUT2D eigenvalue weighted by Gasteiger charge is -2.35. The predicted molar refractivity (Wildman–Crippen MR) is 97.6 cm³/mol. The first kappa shape index (κ1) is 16.5. The number of likely N-dealkylation sites (tertiary alicyclic amines) is 1. The van der Waals surface area contributed by atoms with Gasteiger partial charge in [-0.15, -0.1) is 11.3 Å². The molecule has 1 aromatic carbocycles. The molecule has 0 N–H and O–H groups in total. The molecule has 3 heterocycles. The Labute approximate surface area is 151 Å². The molecule has 4 rings (SSSR count). The van der Waals surface area contributed by atoms with Gasteiger partial charge in [0.1, 0.15) is 11.5 Å². The van der Waals surface area contributed by atoms with E-state index in [1.807, 2.05) is 16.3 Å². The fraction of sp³-hybridized carbons (Fsp3) is 0.474. The Bertz CT molecular complexity index is 792. The third-order valence-electron chi connectivity index (χ3n) is 5.56. The van der Waals surface area contributed by atoms with Crippen molar-refractivity contribution in [1.29, 1.82) is 0 Å². The van der Waals surface area contributed by atoms with E-state index < -0.39 is 0 Å². The van der Waals surface area contributed by atoms with E-state index >= 15 is 0 Å². The molecular weight excluding hydrogens is 337 g/mol. The Morgan fingerprint density at radius 2 is 2.20 bits per heavy atom. The quantitative estimate of drug-likeness (QED) is 0.815. The summed E-state index contributed by atoms with van der Waals surface area (Å²) in [5.74, 6) is -0.202. The number of carbonyl (C=O) groups is 1. The van der Waals surface area contributed by atoms with Gasteiger partial charge < -0.3 is 9.80 Å². The molecule has 25 heavy (non-hydrogen) atoms. The molecule has 2 aliphatic heterocycles. The van der Waals surface area contributed by atoms with Crippen LogP contribution in [0, 0.1) is 5.82 Å². The minimum atomic E-state index is -0.226. The van der Waals surface area contributed by atoms with Gasteiger partial charge >= 0.3 is 0 Å². The smallest absolute Gasteiger partial charge is 0.273 e. The number of anilines is 1. The molecule has 0 radical (unpaired) electrons. The topological polar surface area (TPSA) is 36.4 Å². The molecule has 2 aromatic rings. The van der Waals surface area contributed by atoms with Gasteiger partial charge in [-0.2, -0.15) is 0 Å². The second kappa shape index (κ2) is 5.80. The van der Waals surface area contributed by atoms with Gasteiger partial charge in [-0.25, -0.2) is 9.37 Å². The second-order valence-corrected chi connectivity index (χ2v) is 8.43. The number of rotatable bonds is 2. The number of amides is 1. The molecule has 0 aliphatic carbocycles. The first-order valence-corrected chi connectivity index (χ1v) is 9.59. The molecule has 1 atom stereocenters. The largest absolute Gasteiger partial charge is 0.364 e. The number of aromatic nitrogens is 1. The SMILES string of the molecule is CC1(C)CC2(CCCN2C(=O)c2cscn2)CN1c1cccc(F)c1. The molecule has 0 saturated carbocycles. The van der Waals surface area contributed by atoms with E-state index in [1.54, 1.807) is 17.6 Å². The van der Waals surface area contributed by atoms with E-state index in [0.717, 1.165) is 38.0 Å². The standard InChI is InChI=1S/C19H22FN3OS/c1-18(2)11-19(12-23(18)15-6-3-5-14(20)9-15)7-4-8-22(19)17(24)16-10-25-13-21-16/h3,5-6,9-10,13H,4,7-8,11-12H2,1-2H3. The van der Waals surface area contributed by atoms with E-state index in [-0.39, 0.29) is 22.8 Å². The molecule has 2 aliphatic rings. The molecule has 0 bridgehead atoms. The van der Waals surface area contributed by atoms with E-state index in [0.29, 0.717) is 5.69 Å². The van der Waals surface area contributed by atoms with Crippen LogP contribution in [-0.4, -0.2) is 40.0 Å². The summed E-state index contributed by atoms with van der Waals surface area (Å²) in [4.78, 5) is 21.4. The van der Waals surface area contributed by atoms with Crippen molar-refractivity contribution in [2.45, 2.75) is 44.2 Å². The first-order chi connectivity index (χ1) is 11.9. The lowest BCUT2D eigenvalue weighted by molar-refractivity contribution is 0.0612. The fourth-order valence-corrected chi connectivity index (χ4v) is 5.14. The van der Waals surface area contributed by atoms with Crippen molar-refractivity contribution >= 4 is 22.9 Å². The highest BCUT2D eigenvalue weighted by atomic mass is 32.1. The summed E-state index contributed by atoms with van der Waals surface area (Å²) >= 11 is 1.45. The number of hydrogen-bond acceptors (Lipinski definition) is 4. The average molecular weight is 359 g/mol. The number of halogens is 1. The van der Waals surface area contributed by atoms with Gasteiger partial charge in [-0.05, 0) is 51.3 Å². The maximum Gasteiger partial charge on any atom is 0.273 e. The normalized spacial score (nSPS) is 25.1. The molecule has 1 unspecified atom stereocenters. The zero-order valence-corrected chi connectivity index (χ0v) is 15.4. The number of benzene rings is 1. The maximum atomic E-state index is 13.7. The van der Waals surface area contributed by atoms with Crippen molar-refractivity contribution in [3.05, 3.63) is 46.7 Å². The van der Waals surface area contributed by atoms with Gasteiger partial charge in [0.15, 0.2) is 0 Å². The lowest BCUT2D eigenvalue weighted by atomic mass is 9.87. The van der Waals surface area contributed by atoms with E-state index in [9.17, 15) is 9.18 Å². The Morgan fingerprint density at radius 3 is 2.92 bits per heavy atom. The van der Waals surface area contributed by atoms with Crippen molar-refractivity contribution in [2.24, 2.45) is 0 Å². The number of carbonyl (C=O) groups excluding carboxylic acids is 1. The summed E-state index contributed by atoms with van der Waals surface area (Å²) in [6.45, 7) is 5.86. The van der Waals surface area contributed by atoms with Crippen LogP contribution in [0.3, 0.4) is 0 Å². The summed E-state index contributed by atoms with van der Waals surface area (Å²) in [5.41, 5.74) is 2.78. The molecule has 1 amide bonds. The molecule has 6 heteroatoms. The van der Waals surface area contributed by atoms with Gasteiger partial charge in [0.25, 0.3) is 5.91 Å². The van der Waals surface area contributed by atoms with Crippen molar-refractivity contribution < 1.29 is 9.18 Å². The molecule has 2 saturated heterocycles. The summed E-state index contributed by atoms with van der Waals surface area (Å²) in [6, 6.07) is 6.75. The van der Waals surface area contributed by atoms with Gasteiger partial charge in [0.2, 0.25) is 0 Å². The van der Waals surface area contributed by atoms with Crippen molar-refractivity contribution in [1.82, 2.24) is 9.88 Å². The van der Waals surface area contributed by atoms with Crippen LogP contribution in [0.5, 0.6) is 0 Å². The van der Waals surface area contributed by atoms with Crippen LogP contribution in [0.4, 0.5) is 10.1 Å². The van der Waals surface area contributed by atoms with Crippen LogP contribution in [0.1, 0.15) is 43.6 Å². The average Bonchev–Trinajstić information content (AvgIpc) is 3.26. The highest BCUT2D eigenvalue weighted by molar-refractivity contribution is 7.07. The zero-order valence-electron chi connectivity index (χ0n) is 14.5. The van der Waals surface area contributed by atoms with Gasteiger partial charge in [0.05, 0.1) is 11.0 Å². The minimum Gasteiger partial charge on any atom is -0.364 e. The molecule has 2 fully saturated rings. The Balaban J connectivity index is 1.67. The number of nitrogens with zero attached hydrogens (tertiary/aromatic N) is 3. The molecule has 132 valence electrons. The van der Waals surface area contributed by atoms with Crippen LogP contribution in [0.15, 0.2) is 35.2 Å². The van der Waals surface area contributed by atoms with Crippen LogP contribution in [-0.2, 0) is 0 Å². The Morgan fingerprint density at radius 1 is 1.36 bits per heavy atom. The van der Waals surface area contributed by atoms with Crippen LogP contribution in [0.2, 0.25) is 0 Å². The summed E-state index contributed by atoms with van der Waals surface area (Å²) in [7, 11) is 0. The number of hydrogen-bond donors (Lipinski definition) is 0. The van der Waals surface area contributed by atoms with Crippen LogP contribution >= 0.6 is 11.3 Å². The highest BCUT2D eigenvalue weighted by Gasteiger charge is 2.55. The fourth-order valence-electron chi connectivity index (χ4n) is 4.61. The highest BCUT2D eigenvalue weighted by Crippen LogP contribution is 2.47. The van der Waals surface area contributed by atoms with E-state index in [4.69, 9.17) is 0 Å². The summed E-state index contributed by atoms with van der Waals surface area (Å²) in [6.07, 6.45) is 2.87. The Kier molecular flexibility index (Phi) is 3.83. The van der Waals surface area contributed by atoms with Crippen molar-refractivity contribution in [3.63, 3.8) is 0 Å². The molecule has 4 nitrogen and oxygen atoms in total. The third-order valence-corrected chi connectivity index (χ3v) is 6.14. The van der Waals surface area contributed by atoms with Gasteiger partial charge in [0, 0.05) is 29.7 Å². The van der Waals surface area contributed by atoms with E-state index in [2.05, 4.69) is 23.7 Å². The monoisotopic (exact) mass is 359 g/mol. The minimum absolute atomic E-state index is 0.0237. The lowest BCUT2D eigenvalue weighted by Crippen LogP contribution is -2.49. The number of thiazole rings is 1. The zero-order chi connectivity index (χ0) is 17.7. The molecule has 1 spiro atoms. The summed E-state index contributed by atoms with van der Waals surface area (Å²) < 4.78 is 13.7. The van der Waals surface area contributed by atoms with Gasteiger partial charge in [-0.3, -0.25) is 4.79 Å². The third kappa shape index (κ3) is 2.72. The summed E-state index contributed by atoms with van der Waals surface area (Å²) in [5, 5.41) is 1.82. The van der Waals surface area contributed by atoms with E-state index in [1.165, 1.54) is 17.4 Å². The second-order valence-electron chi connectivity index (χ2n) is 7.71. The molecule has 1 aromatic heterocycles. The van der Waals surface area contributed by atoms with Gasteiger partial charge in [-0.1, -0.05) is 6.07 Å². The van der Waals surface area contributed by atoms with Crippen molar-refractivity contribution in [3.8, 4) is 0 Å².